The van der Waals surface area contributed by atoms with Crippen molar-refractivity contribution >= 4 is 21.5 Å². The smallest absolute Gasteiger partial charge is 0.262 e. The zero-order chi connectivity index (χ0) is 28.3. The Morgan fingerprint density at radius 1 is 0.775 bits per heavy atom. The number of benzene rings is 4. The second-order valence-corrected chi connectivity index (χ2v) is 13.5. The molecule has 2 fully saturated rings. The maximum atomic E-state index is 11.5. The molecule has 3 heterocycles. The van der Waals surface area contributed by atoms with E-state index in [4.69, 9.17) is 24.0 Å². The Balaban J connectivity index is 1.53. The molecular formula is C34H36O6. The standard InChI is InChI=1S/C34H36O6/c1-30(2,3)34-31(4,5)19-37-33(34,39-40-34)25-14-10-13-23-22(25)15-16-26(35)29(23)28-21-12-9-8-11-20(21)17-27-24(28)18-36-32(6,7)38-27/h8-17,35H,18-19H2,1-7H3/t33-,34-/m0/s1. The summed E-state index contributed by atoms with van der Waals surface area (Å²) in [4.78, 5) is 12.1. The van der Waals surface area contributed by atoms with E-state index in [2.05, 4.69) is 58.9 Å². The van der Waals surface area contributed by atoms with Gasteiger partial charge in [-0.05, 0) is 33.7 Å². The number of phenolic OH excluding ortho intramolecular Hbond substituents is 1. The lowest BCUT2D eigenvalue weighted by Gasteiger charge is -2.61. The van der Waals surface area contributed by atoms with E-state index in [-0.39, 0.29) is 16.6 Å². The van der Waals surface area contributed by atoms with Crippen molar-refractivity contribution in [1.29, 1.82) is 0 Å². The molecule has 7 rings (SSSR count). The van der Waals surface area contributed by atoms with Gasteiger partial charge in [0.1, 0.15) is 11.5 Å². The topological polar surface area (TPSA) is 66.4 Å². The van der Waals surface area contributed by atoms with Gasteiger partial charge in [-0.15, -0.1) is 0 Å². The Labute approximate surface area is 234 Å². The molecule has 0 radical (unpaired) electrons. The highest BCUT2D eigenvalue weighted by Crippen LogP contribution is 2.69. The van der Waals surface area contributed by atoms with Gasteiger partial charge in [-0.1, -0.05) is 83.1 Å². The fraction of sp³-hybridized carbons (Fsp3) is 0.412. The number of hydrogen-bond donors (Lipinski definition) is 1. The summed E-state index contributed by atoms with van der Waals surface area (Å²) in [6, 6.07) is 20.1. The maximum absolute atomic E-state index is 11.5. The first-order chi connectivity index (χ1) is 18.8. The number of rotatable bonds is 2. The molecule has 3 aliphatic rings. The molecule has 0 aliphatic carbocycles. The van der Waals surface area contributed by atoms with Crippen molar-refractivity contribution in [3.63, 3.8) is 0 Å². The van der Waals surface area contributed by atoms with Crippen LogP contribution in [0.25, 0.3) is 32.7 Å². The number of ether oxygens (including phenoxy) is 3. The average Bonchev–Trinajstić information content (AvgIpc) is 3.02. The minimum atomic E-state index is -1.09. The van der Waals surface area contributed by atoms with Crippen molar-refractivity contribution in [2.45, 2.75) is 72.2 Å². The Morgan fingerprint density at radius 2 is 1.52 bits per heavy atom. The fourth-order valence-corrected chi connectivity index (χ4v) is 7.54. The summed E-state index contributed by atoms with van der Waals surface area (Å²) >= 11 is 0. The quantitative estimate of drug-likeness (QED) is 0.260. The molecule has 3 aliphatic heterocycles. The molecule has 4 aromatic carbocycles. The molecule has 6 nitrogen and oxygen atoms in total. The summed E-state index contributed by atoms with van der Waals surface area (Å²) in [5, 5.41) is 15.4. The van der Waals surface area contributed by atoms with Crippen LogP contribution in [-0.4, -0.2) is 23.1 Å². The highest BCUT2D eigenvalue weighted by molar-refractivity contribution is 6.10. The number of phenols is 1. The second kappa shape index (κ2) is 7.98. The summed E-state index contributed by atoms with van der Waals surface area (Å²) in [5.74, 6) is -0.883. The Morgan fingerprint density at radius 3 is 2.25 bits per heavy atom. The van der Waals surface area contributed by atoms with Crippen molar-refractivity contribution in [3.8, 4) is 22.6 Å². The first kappa shape index (κ1) is 25.8. The van der Waals surface area contributed by atoms with Gasteiger partial charge in [-0.3, -0.25) is 0 Å². The van der Waals surface area contributed by atoms with E-state index in [1.165, 1.54) is 0 Å². The van der Waals surface area contributed by atoms with Crippen LogP contribution in [-0.2, 0) is 31.6 Å². The minimum absolute atomic E-state index is 0.186. The molecule has 4 aromatic rings. The average molecular weight is 541 g/mol. The number of aromatic hydroxyl groups is 1. The van der Waals surface area contributed by atoms with E-state index in [0.717, 1.165) is 49.5 Å². The molecule has 0 amide bonds. The SMILES string of the molecule is CC1(C)OCc2c(cc3ccccc3c2-c2c(O)ccc3c([C@@]45OCC(C)(C)[C@]4(C(C)(C)C)OO5)cccc23)O1. The van der Waals surface area contributed by atoms with E-state index >= 15 is 0 Å². The molecule has 0 unspecified atom stereocenters. The predicted octanol–water partition coefficient (Wildman–Crippen LogP) is 7.97. The first-order valence-electron chi connectivity index (χ1n) is 14.0. The summed E-state index contributed by atoms with van der Waals surface area (Å²) in [6.45, 7) is 15.6. The van der Waals surface area contributed by atoms with Gasteiger partial charge < -0.3 is 19.3 Å². The zero-order valence-electron chi connectivity index (χ0n) is 24.2. The van der Waals surface area contributed by atoms with Gasteiger partial charge in [0.2, 0.25) is 5.79 Å². The molecule has 2 saturated heterocycles. The summed E-state index contributed by atoms with van der Waals surface area (Å²) in [5.41, 5.74) is 2.13. The van der Waals surface area contributed by atoms with Gasteiger partial charge in [-0.25, -0.2) is 4.89 Å². The molecule has 0 saturated carbocycles. The zero-order valence-corrected chi connectivity index (χ0v) is 24.2. The molecule has 0 aromatic heterocycles. The van der Waals surface area contributed by atoms with Gasteiger partial charge in [0, 0.05) is 46.9 Å². The van der Waals surface area contributed by atoms with Crippen LogP contribution in [0, 0.1) is 10.8 Å². The highest BCUT2D eigenvalue weighted by Gasteiger charge is 2.81. The third-order valence-corrected chi connectivity index (χ3v) is 9.07. The maximum Gasteiger partial charge on any atom is 0.262 e. The molecule has 6 heteroatoms. The van der Waals surface area contributed by atoms with Gasteiger partial charge in [0.05, 0.1) is 13.2 Å². The molecule has 1 N–H and O–H groups in total. The van der Waals surface area contributed by atoms with Crippen molar-refractivity contribution in [2.75, 3.05) is 6.61 Å². The minimum Gasteiger partial charge on any atom is -0.507 e. The van der Waals surface area contributed by atoms with Gasteiger partial charge >= 0.3 is 0 Å². The van der Waals surface area contributed by atoms with Gasteiger partial charge in [0.15, 0.2) is 5.60 Å². The van der Waals surface area contributed by atoms with Crippen LogP contribution in [0.4, 0.5) is 0 Å². The summed E-state index contributed by atoms with van der Waals surface area (Å²) in [6.07, 6.45) is 0. The normalized spacial score (nSPS) is 26.7. The van der Waals surface area contributed by atoms with Gasteiger partial charge in [0.25, 0.3) is 5.79 Å². The lowest BCUT2D eigenvalue weighted by molar-refractivity contribution is -0.626. The summed E-state index contributed by atoms with van der Waals surface area (Å²) < 4.78 is 19.0. The van der Waals surface area contributed by atoms with Crippen LogP contribution in [0.5, 0.6) is 11.5 Å². The molecule has 40 heavy (non-hydrogen) atoms. The van der Waals surface area contributed by atoms with E-state index in [1.54, 1.807) is 6.07 Å². The van der Waals surface area contributed by atoms with Crippen LogP contribution in [0.1, 0.15) is 59.6 Å². The van der Waals surface area contributed by atoms with Crippen molar-refractivity contribution < 1.29 is 29.1 Å². The van der Waals surface area contributed by atoms with Crippen LogP contribution in [0.15, 0.2) is 60.7 Å². The van der Waals surface area contributed by atoms with Crippen LogP contribution >= 0.6 is 0 Å². The third kappa shape index (κ3) is 3.13. The van der Waals surface area contributed by atoms with E-state index < -0.39 is 17.2 Å². The largest absolute Gasteiger partial charge is 0.507 e. The van der Waals surface area contributed by atoms with E-state index in [1.807, 2.05) is 44.2 Å². The molecule has 2 atom stereocenters. The van der Waals surface area contributed by atoms with Crippen molar-refractivity contribution in [1.82, 2.24) is 0 Å². The van der Waals surface area contributed by atoms with E-state index in [0.29, 0.717) is 13.2 Å². The lowest BCUT2D eigenvalue weighted by Crippen LogP contribution is -2.73. The fourth-order valence-electron chi connectivity index (χ4n) is 7.54. The van der Waals surface area contributed by atoms with Crippen LogP contribution in [0.3, 0.4) is 0 Å². The molecular weight excluding hydrogens is 504 g/mol. The lowest BCUT2D eigenvalue weighted by atomic mass is 9.57. The van der Waals surface area contributed by atoms with Crippen LogP contribution in [0.2, 0.25) is 0 Å². The first-order valence-corrected chi connectivity index (χ1v) is 14.0. The molecule has 208 valence electrons. The predicted molar refractivity (Wildman–Crippen MR) is 154 cm³/mol. The Bertz CT molecular complexity index is 1700. The Hall–Kier alpha value is -3.16. The van der Waals surface area contributed by atoms with Crippen LogP contribution < -0.4 is 4.74 Å². The molecule has 0 spiro atoms. The second-order valence-electron chi connectivity index (χ2n) is 13.5. The van der Waals surface area contributed by atoms with E-state index in [9.17, 15) is 5.11 Å². The van der Waals surface area contributed by atoms with Gasteiger partial charge in [-0.2, -0.15) is 4.89 Å². The summed E-state index contributed by atoms with van der Waals surface area (Å²) in [7, 11) is 0. The molecule has 0 bridgehead atoms. The number of hydrogen-bond acceptors (Lipinski definition) is 6. The van der Waals surface area contributed by atoms with Crippen molar-refractivity contribution in [2.24, 2.45) is 10.8 Å². The number of fused-ring (bicyclic) bond motifs is 4. The highest BCUT2D eigenvalue weighted by atomic mass is 17.3. The van der Waals surface area contributed by atoms with Crippen molar-refractivity contribution in [3.05, 3.63) is 71.8 Å². The Kier molecular flexibility index (Phi) is 5.14. The monoisotopic (exact) mass is 540 g/mol. The third-order valence-electron chi connectivity index (χ3n) is 9.07.